The lowest BCUT2D eigenvalue weighted by atomic mass is 10.2. The van der Waals surface area contributed by atoms with Crippen LogP contribution in [0.1, 0.15) is 33.7 Å². The Labute approximate surface area is 144 Å². The summed E-state index contributed by atoms with van der Waals surface area (Å²) < 4.78 is 10.9. The first-order valence-electron chi connectivity index (χ1n) is 7.71. The summed E-state index contributed by atoms with van der Waals surface area (Å²) in [6.07, 6.45) is 2.54. The number of hydrogen-bond donors (Lipinski definition) is 1. The molecule has 0 atom stereocenters. The molecule has 124 valence electrons. The van der Waals surface area contributed by atoms with Crippen LogP contribution in [0.15, 0.2) is 52.5 Å². The molecule has 0 saturated carbocycles. The van der Waals surface area contributed by atoms with Crippen molar-refractivity contribution in [1.29, 1.82) is 0 Å². The second-order valence-electron chi connectivity index (χ2n) is 5.18. The Kier molecular flexibility index (Phi) is 5.28. The molecule has 0 aliphatic heterocycles. The van der Waals surface area contributed by atoms with Crippen molar-refractivity contribution in [3.63, 3.8) is 0 Å². The molecular formula is C18H18N2O3S. The molecule has 3 aromatic rings. The van der Waals surface area contributed by atoms with E-state index in [0.717, 1.165) is 17.2 Å². The molecule has 2 aromatic heterocycles. The summed E-state index contributed by atoms with van der Waals surface area (Å²) in [5, 5.41) is 5.27. The van der Waals surface area contributed by atoms with Gasteiger partial charge in [-0.15, -0.1) is 11.3 Å². The van der Waals surface area contributed by atoms with Crippen molar-refractivity contribution in [3.05, 3.63) is 70.1 Å². The van der Waals surface area contributed by atoms with Crippen molar-refractivity contribution in [2.24, 2.45) is 0 Å². The van der Waals surface area contributed by atoms with E-state index in [1.54, 1.807) is 17.7 Å². The standard InChI is InChI=1S/C18H18N2O3S/c1-2-13-5-3-6-14(9-13)23-11-17-20-16(12-24-17)18(21)19-10-15-7-4-8-22-15/h3-9,12H,2,10-11H2,1H3,(H,19,21). The molecule has 0 unspecified atom stereocenters. The molecule has 0 bridgehead atoms. The predicted octanol–water partition coefficient (Wildman–Crippen LogP) is 3.81. The number of nitrogens with zero attached hydrogens (tertiary/aromatic N) is 1. The number of carbonyl (C=O) groups is 1. The average molecular weight is 342 g/mol. The van der Waals surface area contributed by atoms with Crippen LogP contribution in [0, 0.1) is 0 Å². The van der Waals surface area contributed by atoms with Gasteiger partial charge in [-0.25, -0.2) is 4.98 Å². The fourth-order valence-corrected chi connectivity index (χ4v) is 2.84. The number of rotatable bonds is 7. The predicted molar refractivity (Wildman–Crippen MR) is 92.1 cm³/mol. The Morgan fingerprint density at radius 1 is 1.33 bits per heavy atom. The van der Waals surface area contributed by atoms with E-state index in [9.17, 15) is 4.79 Å². The number of hydrogen-bond acceptors (Lipinski definition) is 5. The van der Waals surface area contributed by atoms with Crippen molar-refractivity contribution < 1.29 is 13.9 Å². The second-order valence-corrected chi connectivity index (χ2v) is 6.12. The molecule has 0 saturated heterocycles. The average Bonchev–Trinajstić information content (AvgIpc) is 3.30. The lowest BCUT2D eigenvalue weighted by Crippen LogP contribution is -2.22. The first-order chi connectivity index (χ1) is 11.7. The van der Waals surface area contributed by atoms with Crippen molar-refractivity contribution in [3.8, 4) is 5.75 Å². The minimum absolute atomic E-state index is 0.220. The van der Waals surface area contributed by atoms with Gasteiger partial charge in [-0.1, -0.05) is 19.1 Å². The molecule has 0 spiro atoms. The van der Waals surface area contributed by atoms with Crippen molar-refractivity contribution in [2.75, 3.05) is 0 Å². The van der Waals surface area contributed by atoms with Crippen LogP contribution in [0.5, 0.6) is 5.75 Å². The fourth-order valence-electron chi connectivity index (χ4n) is 2.15. The highest BCUT2D eigenvalue weighted by Crippen LogP contribution is 2.17. The van der Waals surface area contributed by atoms with Crippen LogP contribution in [0.2, 0.25) is 0 Å². The Morgan fingerprint density at radius 3 is 3.04 bits per heavy atom. The Morgan fingerprint density at radius 2 is 2.25 bits per heavy atom. The van der Waals surface area contributed by atoms with E-state index in [4.69, 9.17) is 9.15 Å². The zero-order valence-electron chi connectivity index (χ0n) is 13.3. The number of ether oxygens (including phenoxy) is 1. The van der Waals surface area contributed by atoms with Crippen molar-refractivity contribution >= 4 is 17.2 Å². The number of amides is 1. The molecule has 24 heavy (non-hydrogen) atoms. The number of benzene rings is 1. The smallest absolute Gasteiger partial charge is 0.271 e. The van der Waals surface area contributed by atoms with Gasteiger partial charge < -0.3 is 14.5 Å². The molecule has 1 aromatic carbocycles. The van der Waals surface area contributed by atoms with Gasteiger partial charge in [-0.3, -0.25) is 4.79 Å². The van der Waals surface area contributed by atoms with Gasteiger partial charge in [-0.2, -0.15) is 0 Å². The number of carbonyl (C=O) groups excluding carboxylic acids is 1. The molecular weight excluding hydrogens is 324 g/mol. The Balaban J connectivity index is 1.53. The lowest BCUT2D eigenvalue weighted by Gasteiger charge is -2.05. The summed E-state index contributed by atoms with van der Waals surface area (Å²) in [6, 6.07) is 11.6. The minimum atomic E-state index is -0.220. The maximum absolute atomic E-state index is 12.1. The monoisotopic (exact) mass is 342 g/mol. The zero-order valence-corrected chi connectivity index (χ0v) is 14.1. The van der Waals surface area contributed by atoms with Gasteiger partial charge in [0.1, 0.15) is 28.8 Å². The summed E-state index contributed by atoms with van der Waals surface area (Å²) in [6.45, 7) is 2.80. The SMILES string of the molecule is CCc1cccc(OCc2nc(C(=O)NCc3ccco3)cs2)c1. The van der Waals surface area contributed by atoms with Crippen molar-refractivity contribution in [2.45, 2.75) is 26.5 Å². The molecule has 0 aliphatic rings. The highest BCUT2D eigenvalue weighted by molar-refractivity contribution is 7.09. The van der Waals surface area contributed by atoms with Gasteiger partial charge in [0.15, 0.2) is 0 Å². The highest BCUT2D eigenvalue weighted by atomic mass is 32.1. The summed E-state index contributed by atoms with van der Waals surface area (Å²) in [5.41, 5.74) is 1.62. The first kappa shape index (κ1) is 16.3. The molecule has 0 radical (unpaired) electrons. The lowest BCUT2D eigenvalue weighted by molar-refractivity contribution is 0.0943. The van der Waals surface area contributed by atoms with E-state index < -0.39 is 0 Å². The number of nitrogens with one attached hydrogen (secondary N) is 1. The van der Waals surface area contributed by atoms with Crippen LogP contribution in [0.3, 0.4) is 0 Å². The van der Waals surface area contributed by atoms with Crippen LogP contribution in [0.4, 0.5) is 0 Å². The first-order valence-corrected chi connectivity index (χ1v) is 8.59. The molecule has 6 heteroatoms. The Hall–Kier alpha value is -2.60. The zero-order chi connectivity index (χ0) is 16.8. The molecule has 3 rings (SSSR count). The molecule has 0 aliphatic carbocycles. The normalized spacial score (nSPS) is 10.5. The number of aromatic nitrogens is 1. The number of furan rings is 1. The molecule has 0 fully saturated rings. The third kappa shape index (κ3) is 4.23. The third-order valence-electron chi connectivity index (χ3n) is 3.46. The van der Waals surface area contributed by atoms with E-state index in [1.807, 2.05) is 24.3 Å². The third-order valence-corrected chi connectivity index (χ3v) is 4.28. The second kappa shape index (κ2) is 7.79. The van der Waals surface area contributed by atoms with E-state index in [1.165, 1.54) is 16.9 Å². The maximum Gasteiger partial charge on any atom is 0.271 e. The summed E-state index contributed by atoms with van der Waals surface area (Å²) >= 11 is 1.41. The van der Waals surface area contributed by atoms with Crippen LogP contribution in [-0.2, 0) is 19.6 Å². The van der Waals surface area contributed by atoms with Crippen LogP contribution in [0.25, 0.3) is 0 Å². The van der Waals surface area contributed by atoms with Gasteiger partial charge in [0.25, 0.3) is 5.91 Å². The van der Waals surface area contributed by atoms with Gasteiger partial charge in [0.2, 0.25) is 0 Å². The van der Waals surface area contributed by atoms with Gasteiger partial charge in [0.05, 0.1) is 12.8 Å². The van der Waals surface area contributed by atoms with Crippen LogP contribution in [-0.4, -0.2) is 10.9 Å². The molecule has 2 heterocycles. The molecule has 1 N–H and O–H groups in total. The van der Waals surface area contributed by atoms with Crippen molar-refractivity contribution in [1.82, 2.24) is 10.3 Å². The van der Waals surface area contributed by atoms with Gasteiger partial charge in [-0.05, 0) is 36.2 Å². The van der Waals surface area contributed by atoms with Gasteiger partial charge in [0, 0.05) is 5.38 Å². The van der Waals surface area contributed by atoms with E-state index in [-0.39, 0.29) is 5.91 Å². The number of thiazole rings is 1. The largest absolute Gasteiger partial charge is 0.486 e. The summed E-state index contributed by atoms with van der Waals surface area (Å²) in [7, 11) is 0. The fraction of sp³-hybridized carbons (Fsp3) is 0.222. The highest BCUT2D eigenvalue weighted by Gasteiger charge is 2.11. The summed E-state index contributed by atoms with van der Waals surface area (Å²) in [5.74, 6) is 1.30. The molecule has 5 nitrogen and oxygen atoms in total. The number of aryl methyl sites for hydroxylation is 1. The van der Waals surface area contributed by atoms with E-state index in [2.05, 4.69) is 23.3 Å². The topological polar surface area (TPSA) is 64.4 Å². The Bertz CT molecular complexity index is 796. The summed E-state index contributed by atoms with van der Waals surface area (Å²) in [4.78, 5) is 16.4. The minimum Gasteiger partial charge on any atom is -0.486 e. The maximum atomic E-state index is 12.1. The quantitative estimate of drug-likeness (QED) is 0.709. The van der Waals surface area contributed by atoms with E-state index >= 15 is 0 Å². The van der Waals surface area contributed by atoms with Crippen LogP contribution < -0.4 is 10.1 Å². The van der Waals surface area contributed by atoms with Crippen LogP contribution >= 0.6 is 11.3 Å². The van der Waals surface area contributed by atoms with E-state index in [0.29, 0.717) is 24.6 Å². The molecule has 1 amide bonds. The van der Waals surface area contributed by atoms with Gasteiger partial charge >= 0.3 is 0 Å².